The van der Waals surface area contributed by atoms with Crippen molar-refractivity contribution in [3.05, 3.63) is 41.1 Å². The summed E-state index contributed by atoms with van der Waals surface area (Å²) in [6, 6.07) is 7.63. The van der Waals surface area contributed by atoms with E-state index in [1.165, 1.54) is 5.56 Å². The molecule has 0 unspecified atom stereocenters. The number of rotatable bonds is 2. The number of fused-ring (bicyclic) bond motifs is 1. The molecular formula is C14H16N4O. The molecule has 1 aromatic carbocycles. The van der Waals surface area contributed by atoms with Gasteiger partial charge < -0.3 is 10.6 Å². The lowest BCUT2D eigenvalue weighted by molar-refractivity contribution is 0.102. The largest absolute Gasteiger partial charge is 0.384 e. The Morgan fingerprint density at radius 2 is 2.26 bits per heavy atom. The molecule has 2 N–H and O–H groups in total. The van der Waals surface area contributed by atoms with Crippen LogP contribution >= 0.6 is 0 Å². The average molecular weight is 256 g/mol. The molecule has 0 radical (unpaired) electrons. The van der Waals surface area contributed by atoms with Crippen molar-refractivity contribution in [2.24, 2.45) is 7.05 Å². The second kappa shape index (κ2) is 4.42. The van der Waals surface area contributed by atoms with Crippen LogP contribution in [0.1, 0.15) is 21.6 Å². The summed E-state index contributed by atoms with van der Waals surface area (Å²) in [7, 11) is 1.81. The van der Waals surface area contributed by atoms with E-state index in [1.807, 2.05) is 38.2 Å². The minimum atomic E-state index is -0.112. The van der Waals surface area contributed by atoms with Crippen molar-refractivity contribution in [3.63, 3.8) is 0 Å². The molecule has 19 heavy (non-hydrogen) atoms. The molecule has 0 spiro atoms. The Morgan fingerprint density at radius 1 is 1.42 bits per heavy atom. The first kappa shape index (κ1) is 11.8. The van der Waals surface area contributed by atoms with Gasteiger partial charge in [-0.25, -0.2) is 0 Å². The van der Waals surface area contributed by atoms with Crippen molar-refractivity contribution in [2.75, 3.05) is 17.2 Å². The van der Waals surface area contributed by atoms with E-state index in [0.717, 1.165) is 24.3 Å². The molecular weight excluding hydrogens is 240 g/mol. The maximum absolute atomic E-state index is 12.2. The molecule has 1 aliphatic rings. The van der Waals surface area contributed by atoms with E-state index in [2.05, 4.69) is 15.7 Å². The van der Waals surface area contributed by atoms with Gasteiger partial charge in [-0.1, -0.05) is 6.07 Å². The smallest absolute Gasteiger partial charge is 0.256 e. The fourth-order valence-electron chi connectivity index (χ4n) is 2.35. The van der Waals surface area contributed by atoms with Crippen LogP contribution in [0.15, 0.2) is 24.3 Å². The number of carbonyl (C=O) groups excluding carboxylic acids is 1. The van der Waals surface area contributed by atoms with Gasteiger partial charge in [0, 0.05) is 30.9 Å². The predicted octanol–water partition coefficient (Wildman–Crippen LogP) is 1.95. The Labute approximate surface area is 111 Å². The van der Waals surface area contributed by atoms with Crippen LogP contribution in [0.3, 0.4) is 0 Å². The summed E-state index contributed by atoms with van der Waals surface area (Å²) < 4.78 is 1.67. The number of aryl methyl sites for hydroxylation is 2. The van der Waals surface area contributed by atoms with Crippen LogP contribution in [0.25, 0.3) is 0 Å². The summed E-state index contributed by atoms with van der Waals surface area (Å²) in [6.07, 6.45) is 1.03. The van der Waals surface area contributed by atoms with Gasteiger partial charge in [0.2, 0.25) is 0 Å². The number of carbonyl (C=O) groups is 1. The van der Waals surface area contributed by atoms with Crippen molar-refractivity contribution >= 4 is 17.4 Å². The number of nitrogens with one attached hydrogen (secondary N) is 2. The summed E-state index contributed by atoms with van der Waals surface area (Å²) in [6.45, 7) is 2.84. The average Bonchev–Trinajstić information content (AvgIpc) is 2.95. The highest BCUT2D eigenvalue weighted by Gasteiger charge is 2.14. The van der Waals surface area contributed by atoms with Crippen LogP contribution in [0.2, 0.25) is 0 Å². The lowest BCUT2D eigenvalue weighted by Crippen LogP contribution is -2.14. The summed E-state index contributed by atoms with van der Waals surface area (Å²) >= 11 is 0. The van der Waals surface area contributed by atoms with Crippen molar-refractivity contribution < 1.29 is 4.79 Å². The first-order valence-electron chi connectivity index (χ1n) is 6.32. The first-order chi connectivity index (χ1) is 9.13. The zero-order chi connectivity index (χ0) is 13.4. The number of aromatic nitrogens is 2. The van der Waals surface area contributed by atoms with Gasteiger partial charge in [0.1, 0.15) is 5.82 Å². The van der Waals surface area contributed by atoms with E-state index in [9.17, 15) is 4.79 Å². The van der Waals surface area contributed by atoms with E-state index in [4.69, 9.17) is 0 Å². The highest BCUT2D eigenvalue weighted by molar-refractivity contribution is 6.04. The molecule has 2 aromatic rings. The summed E-state index contributed by atoms with van der Waals surface area (Å²) in [5.41, 5.74) is 3.88. The maximum atomic E-state index is 12.2. The molecule has 1 aliphatic heterocycles. The zero-order valence-corrected chi connectivity index (χ0v) is 11.0. The summed E-state index contributed by atoms with van der Waals surface area (Å²) in [4.78, 5) is 12.2. The second-order valence-electron chi connectivity index (χ2n) is 4.80. The molecule has 5 nitrogen and oxygen atoms in total. The predicted molar refractivity (Wildman–Crippen MR) is 74.5 cm³/mol. The molecule has 5 heteroatoms. The molecule has 0 saturated carbocycles. The number of benzene rings is 1. The quantitative estimate of drug-likeness (QED) is 0.863. The Bertz CT molecular complexity index is 645. The number of anilines is 2. The van der Waals surface area contributed by atoms with E-state index >= 15 is 0 Å². The van der Waals surface area contributed by atoms with Crippen LogP contribution in [0.4, 0.5) is 11.5 Å². The van der Waals surface area contributed by atoms with Gasteiger partial charge in [-0.05, 0) is 31.0 Å². The third-order valence-electron chi connectivity index (χ3n) is 3.33. The van der Waals surface area contributed by atoms with Crippen molar-refractivity contribution in [1.82, 2.24) is 9.78 Å². The fraction of sp³-hybridized carbons (Fsp3) is 0.286. The minimum absolute atomic E-state index is 0.112. The third-order valence-corrected chi connectivity index (χ3v) is 3.33. The van der Waals surface area contributed by atoms with Gasteiger partial charge in [-0.3, -0.25) is 9.48 Å². The van der Waals surface area contributed by atoms with Crippen molar-refractivity contribution in [1.29, 1.82) is 0 Å². The standard InChI is InChI=1S/C14H16N4O/c1-9-7-13(18(2)17-9)16-14(19)11-4-3-10-5-6-15-12(10)8-11/h3-4,7-8,15H,5-6H2,1-2H3,(H,16,19). The fourth-order valence-corrected chi connectivity index (χ4v) is 2.35. The lowest BCUT2D eigenvalue weighted by Gasteiger charge is -2.07. The highest BCUT2D eigenvalue weighted by Crippen LogP contribution is 2.23. The zero-order valence-electron chi connectivity index (χ0n) is 11.0. The van der Waals surface area contributed by atoms with E-state index in [-0.39, 0.29) is 5.91 Å². The summed E-state index contributed by atoms with van der Waals surface area (Å²) in [5, 5.41) is 10.4. The van der Waals surface area contributed by atoms with E-state index < -0.39 is 0 Å². The minimum Gasteiger partial charge on any atom is -0.384 e. The molecule has 0 aliphatic carbocycles. The Kier molecular flexibility index (Phi) is 2.74. The van der Waals surface area contributed by atoms with Crippen LogP contribution in [0.5, 0.6) is 0 Å². The van der Waals surface area contributed by atoms with Gasteiger partial charge in [0.25, 0.3) is 5.91 Å². The van der Waals surface area contributed by atoms with Crippen LogP contribution in [-0.2, 0) is 13.5 Å². The van der Waals surface area contributed by atoms with Gasteiger partial charge in [0.15, 0.2) is 0 Å². The molecule has 0 bridgehead atoms. The Hall–Kier alpha value is -2.30. The molecule has 0 fully saturated rings. The molecule has 2 heterocycles. The normalized spacial score (nSPS) is 12.9. The summed E-state index contributed by atoms with van der Waals surface area (Å²) in [5.74, 6) is 0.593. The number of nitrogens with zero attached hydrogens (tertiary/aromatic N) is 2. The van der Waals surface area contributed by atoms with Gasteiger partial charge >= 0.3 is 0 Å². The first-order valence-corrected chi connectivity index (χ1v) is 6.32. The van der Waals surface area contributed by atoms with Crippen LogP contribution in [-0.4, -0.2) is 22.2 Å². The molecule has 0 saturated heterocycles. The van der Waals surface area contributed by atoms with Crippen LogP contribution in [0, 0.1) is 6.92 Å². The molecule has 1 aromatic heterocycles. The lowest BCUT2D eigenvalue weighted by atomic mass is 10.1. The van der Waals surface area contributed by atoms with Crippen LogP contribution < -0.4 is 10.6 Å². The van der Waals surface area contributed by atoms with Gasteiger partial charge in [0.05, 0.1) is 5.69 Å². The number of amides is 1. The SMILES string of the molecule is Cc1cc(NC(=O)c2ccc3c(c2)NCC3)n(C)n1. The molecule has 98 valence electrons. The number of hydrogen-bond donors (Lipinski definition) is 2. The maximum Gasteiger partial charge on any atom is 0.256 e. The Balaban J connectivity index is 1.82. The third kappa shape index (κ3) is 2.19. The molecule has 3 rings (SSSR count). The molecule has 0 atom stereocenters. The number of hydrogen-bond acceptors (Lipinski definition) is 3. The topological polar surface area (TPSA) is 59.0 Å². The van der Waals surface area contributed by atoms with Gasteiger partial charge in [-0.2, -0.15) is 5.10 Å². The van der Waals surface area contributed by atoms with Crippen molar-refractivity contribution in [2.45, 2.75) is 13.3 Å². The van der Waals surface area contributed by atoms with Crippen molar-refractivity contribution in [3.8, 4) is 0 Å². The molecule has 1 amide bonds. The second-order valence-corrected chi connectivity index (χ2v) is 4.80. The van der Waals surface area contributed by atoms with Gasteiger partial charge in [-0.15, -0.1) is 0 Å². The highest BCUT2D eigenvalue weighted by atomic mass is 16.1. The van der Waals surface area contributed by atoms with E-state index in [1.54, 1.807) is 4.68 Å². The monoisotopic (exact) mass is 256 g/mol. The Morgan fingerprint density at radius 3 is 3.00 bits per heavy atom. The van der Waals surface area contributed by atoms with E-state index in [0.29, 0.717) is 11.4 Å².